The van der Waals surface area contributed by atoms with Crippen molar-refractivity contribution in [2.24, 2.45) is 5.73 Å². The highest BCUT2D eigenvalue weighted by molar-refractivity contribution is 5.87. The summed E-state index contributed by atoms with van der Waals surface area (Å²) < 4.78 is 9.95. The lowest BCUT2D eigenvalue weighted by Gasteiger charge is -2.34. The average Bonchev–Trinajstić information content (AvgIpc) is 2.38. The predicted molar refractivity (Wildman–Crippen MR) is 63.0 cm³/mol. The van der Waals surface area contributed by atoms with Crippen molar-refractivity contribution in [1.29, 1.82) is 0 Å². The number of aliphatic carboxylic acids is 1. The van der Waals surface area contributed by atoms with E-state index < -0.39 is 18.1 Å². The van der Waals surface area contributed by atoms with Gasteiger partial charge >= 0.3 is 5.97 Å². The number of hydrogen-bond donors (Lipinski definition) is 2. The molecule has 2 unspecified atom stereocenters. The van der Waals surface area contributed by atoms with Gasteiger partial charge in [-0.2, -0.15) is 0 Å². The Bertz CT molecular complexity index is 297. The van der Waals surface area contributed by atoms with E-state index in [0.717, 1.165) is 0 Å². The Morgan fingerprint density at radius 1 is 1.61 bits per heavy atom. The van der Waals surface area contributed by atoms with Crippen LogP contribution in [0.4, 0.5) is 0 Å². The molecule has 1 fully saturated rings. The van der Waals surface area contributed by atoms with E-state index in [1.807, 2.05) is 0 Å². The number of rotatable bonds is 6. The van der Waals surface area contributed by atoms with Gasteiger partial charge in [0, 0.05) is 20.3 Å². The van der Waals surface area contributed by atoms with E-state index in [4.69, 9.17) is 20.3 Å². The van der Waals surface area contributed by atoms with Crippen LogP contribution in [-0.4, -0.2) is 67.4 Å². The van der Waals surface area contributed by atoms with Crippen LogP contribution >= 0.6 is 0 Å². The Morgan fingerprint density at radius 3 is 2.94 bits per heavy atom. The first-order valence-electron chi connectivity index (χ1n) is 5.93. The summed E-state index contributed by atoms with van der Waals surface area (Å²) in [5.74, 6) is -1.39. The highest BCUT2D eigenvalue weighted by Crippen LogP contribution is 2.10. The van der Waals surface area contributed by atoms with Crippen LogP contribution in [0.3, 0.4) is 0 Å². The maximum atomic E-state index is 12.0. The summed E-state index contributed by atoms with van der Waals surface area (Å²) in [4.78, 5) is 24.4. The molecule has 1 heterocycles. The van der Waals surface area contributed by atoms with Gasteiger partial charge in [-0.3, -0.25) is 4.79 Å². The molecule has 7 heteroatoms. The second-order valence-corrected chi connectivity index (χ2v) is 4.20. The molecule has 0 aromatic carbocycles. The molecule has 1 aliphatic rings. The molecule has 1 amide bonds. The van der Waals surface area contributed by atoms with Crippen LogP contribution in [0.2, 0.25) is 0 Å². The molecular weight excluding hydrogens is 240 g/mol. The van der Waals surface area contributed by atoms with Gasteiger partial charge in [-0.25, -0.2) is 4.79 Å². The highest BCUT2D eigenvalue weighted by atomic mass is 16.5. The topological polar surface area (TPSA) is 102 Å². The number of morpholine rings is 1. The van der Waals surface area contributed by atoms with Crippen molar-refractivity contribution in [3.05, 3.63) is 0 Å². The lowest BCUT2D eigenvalue weighted by atomic mass is 10.1. The van der Waals surface area contributed by atoms with Crippen LogP contribution in [0.15, 0.2) is 0 Å². The fraction of sp³-hybridized carbons (Fsp3) is 0.818. The van der Waals surface area contributed by atoms with Crippen molar-refractivity contribution in [1.82, 2.24) is 4.90 Å². The number of ether oxygens (including phenoxy) is 2. The molecule has 0 aliphatic carbocycles. The molecule has 7 nitrogen and oxygen atoms in total. The summed E-state index contributed by atoms with van der Waals surface area (Å²) in [6.07, 6.45) is 1.15. The van der Waals surface area contributed by atoms with Crippen molar-refractivity contribution in [3.63, 3.8) is 0 Å². The van der Waals surface area contributed by atoms with Crippen molar-refractivity contribution < 1.29 is 24.2 Å². The van der Waals surface area contributed by atoms with Gasteiger partial charge in [0.2, 0.25) is 5.91 Å². The van der Waals surface area contributed by atoms with Gasteiger partial charge in [0.1, 0.15) is 0 Å². The summed E-state index contributed by atoms with van der Waals surface area (Å²) in [6, 6.07) is -1.61. The van der Waals surface area contributed by atoms with Gasteiger partial charge in [-0.1, -0.05) is 0 Å². The zero-order chi connectivity index (χ0) is 13.5. The Balaban J connectivity index is 2.54. The zero-order valence-electron chi connectivity index (χ0n) is 10.5. The summed E-state index contributed by atoms with van der Waals surface area (Å²) in [5, 5.41) is 9.02. The van der Waals surface area contributed by atoms with E-state index >= 15 is 0 Å². The molecule has 3 N–H and O–H groups in total. The molecule has 1 aliphatic heterocycles. The van der Waals surface area contributed by atoms with E-state index in [0.29, 0.717) is 26.1 Å². The van der Waals surface area contributed by atoms with Crippen LogP contribution in [0.5, 0.6) is 0 Å². The fourth-order valence-corrected chi connectivity index (χ4v) is 1.86. The largest absolute Gasteiger partial charge is 0.480 e. The molecule has 0 radical (unpaired) electrons. The minimum atomic E-state index is -1.06. The minimum Gasteiger partial charge on any atom is -0.480 e. The fourth-order valence-electron chi connectivity index (χ4n) is 1.86. The normalized spacial score (nSPS) is 21.7. The molecule has 0 saturated carbocycles. The summed E-state index contributed by atoms with van der Waals surface area (Å²) in [6.45, 7) is 1.17. The Kier molecular flexibility index (Phi) is 6.03. The summed E-state index contributed by atoms with van der Waals surface area (Å²) in [5.41, 5.74) is 5.77. The lowest BCUT2D eigenvalue weighted by Crippen LogP contribution is -2.56. The van der Waals surface area contributed by atoms with Gasteiger partial charge in [0.15, 0.2) is 6.04 Å². The number of nitrogens with two attached hydrogens (primary N) is 1. The number of amides is 1. The van der Waals surface area contributed by atoms with Gasteiger partial charge < -0.3 is 25.2 Å². The van der Waals surface area contributed by atoms with Gasteiger partial charge in [0.05, 0.1) is 19.3 Å². The maximum absolute atomic E-state index is 12.0. The number of carbonyl (C=O) groups is 2. The Hall–Kier alpha value is -1.18. The monoisotopic (exact) mass is 260 g/mol. The minimum absolute atomic E-state index is 0.0197. The standard InChI is InChI=1S/C11H20N2O5/c1-17-5-2-3-8(12)10(14)13-4-6-18-7-9(13)11(15)16/h8-9H,2-7,12H2,1H3,(H,15,16). The molecule has 1 rings (SSSR count). The van der Waals surface area contributed by atoms with Gasteiger partial charge in [0.25, 0.3) is 0 Å². The molecule has 1 saturated heterocycles. The third kappa shape index (κ3) is 3.94. The first kappa shape index (κ1) is 14.9. The number of carbonyl (C=O) groups excluding carboxylic acids is 1. The van der Waals surface area contributed by atoms with Crippen LogP contribution in [-0.2, 0) is 19.1 Å². The summed E-state index contributed by atoms with van der Waals surface area (Å²) >= 11 is 0. The van der Waals surface area contributed by atoms with Crippen LogP contribution in [0.1, 0.15) is 12.8 Å². The van der Waals surface area contributed by atoms with Gasteiger partial charge in [-0.15, -0.1) is 0 Å². The van der Waals surface area contributed by atoms with E-state index in [1.54, 1.807) is 7.11 Å². The molecule has 18 heavy (non-hydrogen) atoms. The zero-order valence-corrected chi connectivity index (χ0v) is 10.5. The van der Waals surface area contributed by atoms with E-state index in [1.165, 1.54) is 4.90 Å². The summed E-state index contributed by atoms with van der Waals surface area (Å²) in [7, 11) is 1.58. The second kappa shape index (κ2) is 7.30. The van der Waals surface area contributed by atoms with Crippen molar-refractivity contribution >= 4 is 11.9 Å². The smallest absolute Gasteiger partial charge is 0.328 e. The van der Waals surface area contributed by atoms with Crippen molar-refractivity contribution in [2.45, 2.75) is 24.9 Å². The predicted octanol–water partition coefficient (Wildman–Crippen LogP) is -0.948. The number of nitrogens with zero attached hydrogens (tertiary/aromatic N) is 1. The Morgan fingerprint density at radius 2 is 2.33 bits per heavy atom. The van der Waals surface area contributed by atoms with Crippen molar-refractivity contribution in [3.8, 4) is 0 Å². The third-order valence-corrected chi connectivity index (χ3v) is 2.88. The number of hydrogen-bond acceptors (Lipinski definition) is 5. The average molecular weight is 260 g/mol. The molecule has 0 bridgehead atoms. The second-order valence-electron chi connectivity index (χ2n) is 4.20. The lowest BCUT2D eigenvalue weighted by molar-refractivity contribution is -0.159. The maximum Gasteiger partial charge on any atom is 0.328 e. The first-order valence-corrected chi connectivity index (χ1v) is 5.93. The molecule has 2 atom stereocenters. The number of carboxylic acid groups (broad SMARTS) is 1. The Labute approximate surface area is 106 Å². The molecule has 104 valence electrons. The van der Waals surface area contributed by atoms with Crippen LogP contribution in [0, 0.1) is 0 Å². The van der Waals surface area contributed by atoms with Crippen molar-refractivity contribution in [2.75, 3.05) is 33.5 Å². The van der Waals surface area contributed by atoms with E-state index in [9.17, 15) is 9.59 Å². The quantitative estimate of drug-likeness (QED) is 0.597. The van der Waals surface area contributed by atoms with Crippen LogP contribution < -0.4 is 5.73 Å². The molecule has 0 aromatic rings. The third-order valence-electron chi connectivity index (χ3n) is 2.88. The number of carboxylic acids is 1. The van der Waals surface area contributed by atoms with E-state index in [-0.39, 0.29) is 19.1 Å². The van der Waals surface area contributed by atoms with Crippen LogP contribution in [0.25, 0.3) is 0 Å². The number of methoxy groups -OCH3 is 1. The first-order chi connectivity index (χ1) is 8.57. The molecule has 0 spiro atoms. The molecule has 0 aromatic heterocycles. The van der Waals surface area contributed by atoms with E-state index in [2.05, 4.69) is 0 Å². The highest BCUT2D eigenvalue weighted by Gasteiger charge is 2.34. The van der Waals surface area contributed by atoms with Gasteiger partial charge in [-0.05, 0) is 12.8 Å². The SMILES string of the molecule is COCCCC(N)C(=O)N1CCOCC1C(=O)O. The molecular formula is C11H20N2O5.